The Morgan fingerprint density at radius 2 is 0.785 bits per heavy atom. The summed E-state index contributed by atoms with van der Waals surface area (Å²) in [5.74, 6) is 0. The number of rotatable bonds is 7. The maximum Gasteiger partial charge on any atom is 0.0468 e. The summed E-state index contributed by atoms with van der Waals surface area (Å²) in [4.78, 5) is 4.77. The van der Waals surface area contributed by atoms with Gasteiger partial charge in [-0.2, -0.15) is 0 Å². The van der Waals surface area contributed by atoms with Gasteiger partial charge < -0.3 is 9.80 Å². The fourth-order valence-electron chi connectivity index (χ4n) is 11.1. The maximum absolute atomic E-state index is 2.46. The Kier molecular flexibility index (Phi) is 8.29. The van der Waals surface area contributed by atoms with Gasteiger partial charge in [0.1, 0.15) is 0 Å². The largest absolute Gasteiger partial charge is 0.310 e. The first-order valence-electron chi connectivity index (χ1n) is 22.7. The average Bonchev–Trinajstić information content (AvgIpc) is 3.60. The molecule has 13 rings (SSSR count). The Labute approximate surface area is 379 Å². The fourth-order valence-corrected chi connectivity index (χ4v) is 11.1. The van der Waals surface area contributed by atoms with Gasteiger partial charge in [-0.1, -0.05) is 166 Å². The summed E-state index contributed by atoms with van der Waals surface area (Å²) in [6, 6.07) is 85.0. The van der Waals surface area contributed by atoms with E-state index in [1.165, 1.54) is 87.2 Å². The van der Waals surface area contributed by atoms with Gasteiger partial charge in [-0.25, -0.2) is 0 Å². The van der Waals surface area contributed by atoms with Crippen LogP contribution in [0.25, 0.3) is 76.1 Å². The predicted octanol–water partition coefficient (Wildman–Crippen LogP) is 17.8. The summed E-state index contributed by atoms with van der Waals surface area (Å²) >= 11 is 0. The van der Waals surface area contributed by atoms with Crippen molar-refractivity contribution in [2.45, 2.75) is 19.3 Å². The van der Waals surface area contributed by atoms with Crippen LogP contribution in [0.4, 0.5) is 34.1 Å². The van der Waals surface area contributed by atoms with Crippen molar-refractivity contribution in [3.05, 3.63) is 242 Å². The molecule has 65 heavy (non-hydrogen) atoms. The van der Waals surface area contributed by atoms with Crippen molar-refractivity contribution in [2.24, 2.45) is 0 Å². The lowest BCUT2D eigenvalue weighted by Crippen LogP contribution is -2.17. The van der Waals surface area contributed by atoms with E-state index in [1.807, 2.05) is 0 Å². The van der Waals surface area contributed by atoms with Crippen molar-refractivity contribution in [1.82, 2.24) is 0 Å². The quantitative estimate of drug-likeness (QED) is 0.148. The summed E-state index contributed by atoms with van der Waals surface area (Å²) in [6.45, 7) is 4.86. The van der Waals surface area contributed by atoms with Crippen LogP contribution in [0.1, 0.15) is 25.0 Å². The minimum atomic E-state index is -0.262. The molecule has 0 saturated heterocycles. The van der Waals surface area contributed by atoms with Crippen LogP contribution in [0.2, 0.25) is 0 Å². The van der Waals surface area contributed by atoms with E-state index < -0.39 is 0 Å². The monoisotopic (exact) mass is 828 g/mol. The minimum absolute atomic E-state index is 0.262. The van der Waals surface area contributed by atoms with E-state index >= 15 is 0 Å². The minimum Gasteiger partial charge on any atom is -0.310 e. The van der Waals surface area contributed by atoms with E-state index in [9.17, 15) is 0 Å². The highest BCUT2D eigenvalue weighted by Gasteiger charge is 2.39. The summed E-state index contributed by atoms with van der Waals surface area (Å²) in [5.41, 5.74) is 14.5. The molecule has 0 N–H and O–H groups in total. The second-order valence-corrected chi connectivity index (χ2v) is 18.1. The molecule has 12 aromatic carbocycles. The van der Waals surface area contributed by atoms with Gasteiger partial charge in [0.15, 0.2) is 0 Å². The van der Waals surface area contributed by atoms with Gasteiger partial charge in [-0.15, -0.1) is 0 Å². The van der Waals surface area contributed by atoms with Crippen molar-refractivity contribution in [1.29, 1.82) is 0 Å². The number of benzene rings is 12. The molecule has 306 valence electrons. The Morgan fingerprint density at radius 3 is 1.43 bits per heavy atom. The molecule has 0 saturated carbocycles. The molecular formula is C63H44N2. The van der Waals surface area contributed by atoms with E-state index in [0.717, 1.165) is 34.1 Å². The van der Waals surface area contributed by atoms with E-state index in [1.54, 1.807) is 0 Å². The maximum atomic E-state index is 2.46. The van der Waals surface area contributed by atoms with Gasteiger partial charge in [-0.05, 0) is 166 Å². The second-order valence-electron chi connectivity index (χ2n) is 18.1. The first-order chi connectivity index (χ1) is 32.0. The highest BCUT2D eigenvalue weighted by Crippen LogP contribution is 2.57. The van der Waals surface area contributed by atoms with Crippen LogP contribution in [0, 0.1) is 0 Å². The summed E-state index contributed by atoms with van der Waals surface area (Å²) in [7, 11) is 0. The van der Waals surface area contributed by atoms with Crippen molar-refractivity contribution in [2.75, 3.05) is 9.80 Å². The normalized spacial score (nSPS) is 12.9. The van der Waals surface area contributed by atoms with Crippen molar-refractivity contribution < 1.29 is 0 Å². The smallest absolute Gasteiger partial charge is 0.0468 e. The number of anilines is 6. The molecular weight excluding hydrogens is 785 g/mol. The molecule has 0 aliphatic heterocycles. The van der Waals surface area contributed by atoms with Crippen LogP contribution in [0.3, 0.4) is 0 Å². The molecule has 12 aromatic rings. The van der Waals surface area contributed by atoms with Gasteiger partial charge in [0.05, 0.1) is 0 Å². The molecule has 1 aliphatic rings. The van der Waals surface area contributed by atoms with Crippen molar-refractivity contribution in [3.8, 4) is 22.3 Å². The second kappa shape index (κ2) is 14.4. The molecule has 1 aliphatic carbocycles. The number of hydrogen-bond acceptors (Lipinski definition) is 2. The molecule has 0 unspecified atom stereocenters. The van der Waals surface area contributed by atoms with Crippen LogP contribution < -0.4 is 9.80 Å². The molecule has 0 heterocycles. The van der Waals surface area contributed by atoms with Gasteiger partial charge in [0.2, 0.25) is 0 Å². The van der Waals surface area contributed by atoms with E-state index in [0.29, 0.717) is 0 Å². The highest BCUT2D eigenvalue weighted by atomic mass is 15.1. The standard InChI is InChI=1S/C63H44N2/c1-63(2)58-40-52(65(48-22-7-4-8-23-48)51-34-28-42-16-10-12-18-45(42)38-51)35-36-54(58)61-55-25-13-19-46-39-57(53-24-14-26-56(62(61)63)60(53)59(46)55)43-29-31-49(32-30-43)64(47-20-5-3-6-21-47)50-33-27-41-15-9-11-17-44(41)37-50/h3-40H,1-2H3. The lowest BCUT2D eigenvalue weighted by atomic mass is 9.77. The first kappa shape index (κ1) is 37.4. The van der Waals surface area contributed by atoms with Crippen molar-refractivity contribution in [3.63, 3.8) is 0 Å². The third kappa shape index (κ3) is 5.81. The summed E-state index contributed by atoms with van der Waals surface area (Å²) in [6.07, 6.45) is 0. The topological polar surface area (TPSA) is 6.48 Å². The van der Waals surface area contributed by atoms with Crippen LogP contribution in [0.15, 0.2) is 231 Å². The molecule has 0 amide bonds. The summed E-state index contributed by atoms with van der Waals surface area (Å²) in [5, 5.41) is 12.9. The molecule has 0 atom stereocenters. The third-order valence-corrected chi connectivity index (χ3v) is 14.1. The Bertz CT molecular complexity index is 3790. The molecule has 0 bridgehead atoms. The fraction of sp³-hybridized carbons (Fsp3) is 0.0476. The van der Waals surface area contributed by atoms with E-state index in [4.69, 9.17) is 0 Å². The van der Waals surface area contributed by atoms with E-state index in [2.05, 4.69) is 254 Å². The lowest BCUT2D eigenvalue weighted by Gasteiger charge is -2.29. The number of hydrogen-bond donors (Lipinski definition) is 0. The molecule has 0 aromatic heterocycles. The molecule has 0 radical (unpaired) electrons. The van der Waals surface area contributed by atoms with Gasteiger partial charge >= 0.3 is 0 Å². The zero-order chi connectivity index (χ0) is 43.2. The number of para-hydroxylation sites is 2. The van der Waals surface area contributed by atoms with Crippen LogP contribution in [-0.2, 0) is 5.41 Å². The Hall–Kier alpha value is -8.20. The average molecular weight is 829 g/mol. The zero-order valence-electron chi connectivity index (χ0n) is 36.3. The van der Waals surface area contributed by atoms with Gasteiger partial charge in [0, 0.05) is 39.5 Å². The predicted molar refractivity (Wildman–Crippen MR) is 278 cm³/mol. The number of nitrogens with zero attached hydrogens (tertiary/aromatic N) is 2. The van der Waals surface area contributed by atoms with Crippen molar-refractivity contribution >= 4 is 88.0 Å². The van der Waals surface area contributed by atoms with Crippen LogP contribution >= 0.6 is 0 Å². The van der Waals surface area contributed by atoms with Crippen LogP contribution in [0.5, 0.6) is 0 Å². The van der Waals surface area contributed by atoms with Gasteiger partial charge in [0.25, 0.3) is 0 Å². The highest BCUT2D eigenvalue weighted by molar-refractivity contribution is 6.31. The Balaban J connectivity index is 0.954. The van der Waals surface area contributed by atoms with Gasteiger partial charge in [-0.3, -0.25) is 0 Å². The van der Waals surface area contributed by atoms with E-state index in [-0.39, 0.29) is 5.41 Å². The molecule has 2 nitrogen and oxygen atoms in total. The molecule has 0 spiro atoms. The Morgan fingerprint density at radius 1 is 0.308 bits per heavy atom. The lowest BCUT2D eigenvalue weighted by molar-refractivity contribution is 0.666. The number of fused-ring (bicyclic) bond motifs is 7. The SMILES string of the molecule is CC1(C)c2cc(N(c3ccccc3)c3ccc4ccccc4c3)ccc2-c2c1c1cccc3c(-c4ccc(N(c5ccccc5)c5ccc6ccccc6c5)cc4)cc4cccc2c4c31. The third-order valence-electron chi connectivity index (χ3n) is 14.1. The summed E-state index contributed by atoms with van der Waals surface area (Å²) < 4.78 is 0. The molecule has 0 fully saturated rings. The molecule has 2 heteroatoms. The van der Waals surface area contributed by atoms with Crippen LogP contribution in [-0.4, -0.2) is 0 Å². The first-order valence-corrected chi connectivity index (χ1v) is 22.7. The zero-order valence-corrected chi connectivity index (χ0v) is 36.3.